The van der Waals surface area contributed by atoms with Gasteiger partial charge in [0.25, 0.3) is 0 Å². The van der Waals surface area contributed by atoms with Crippen LogP contribution in [-0.4, -0.2) is 16.3 Å². The number of nitrogens with one attached hydrogen (secondary N) is 1. The summed E-state index contributed by atoms with van der Waals surface area (Å²) in [5.41, 5.74) is 1.74. The van der Waals surface area contributed by atoms with Crippen LogP contribution in [0.3, 0.4) is 0 Å². The van der Waals surface area contributed by atoms with Crippen LogP contribution in [0.5, 0.6) is 0 Å². The molecule has 0 aliphatic carbocycles. The van der Waals surface area contributed by atoms with Crippen molar-refractivity contribution < 1.29 is 4.39 Å². The monoisotopic (exact) mass is 329 g/mol. The van der Waals surface area contributed by atoms with Crippen LogP contribution in [-0.2, 0) is 6.54 Å². The highest BCUT2D eigenvalue weighted by molar-refractivity contribution is 6.31. The zero-order valence-corrected chi connectivity index (χ0v) is 13.5. The third-order valence-electron chi connectivity index (χ3n) is 3.28. The maximum Gasteiger partial charge on any atom is 0.141 e. The van der Waals surface area contributed by atoms with Crippen LogP contribution in [0, 0.1) is 5.82 Å². The Morgan fingerprint density at radius 3 is 2.67 bits per heavy atom. The molecule has 0 spiro atoms. The molecule has 1 atom stereocenters. The summed E-state index contributed by atoms with van der Waals surface area (Å²) in [4.78, 5) is 0. The number of nitrogens with zero attached hydrogens (tertiary/aromatic N) is 2. The molecule has 1 N–H and O–H groups in total. The molecule has 0 aliphatic rings. The van der Waals surface area contributed by atoms with Crippen molar-refractivity contribution >= 4 is 23.2 Å². The highest BCUT2D eigenvalue weighted by Crippen LogP contribution is 2.30. The van der Waals surface area contributed by atoms with Gasteiger partial charge in [0.15, 0.2) is 0 Å². The van der Waals surface area contributed by atoms with E-state index in [-0.39, 0.29) is 11.1 Å². The molecule has 1 aromatic heterocycles. The van der Waals surface area contributed by atoms with Crippen LogP contribution >= 0.6 is 23.2 Å². The third kappa shape index (κ3) is 3.57. The quantitative estimate of drug-likeness (QED) is 0.849. The van der Waals surface area contributed by atoms with Crippen LogP contribution in [0.15, 0.2) is 24.4 Å². The van der Waals surface area contributed by atoms with Gasteiger partial charge in [-0.1, -0.05) is 36.2 Å². The number of aromatic nitrogens is 2. The molecule has 3 nitrogen and oxygen atoms in total. The van der Waals surface area contributed by atoms with E-state index in [9.17, 15) is 4.39 Å². The highest BCUT2D eigenvalue weighted by Gasteiger charge is 2.22. The van der Waals surface area contributed by atoms with Crippen LogP contribution in [0.1, 0.15) is 37.6 Å². The van der Waals surface area contributed by atoms with E-state index in [1.54, 1.807) is 18.3 Å². The fraction of sp³-hybridized carbons (Fsp3) is 0.400. The summed E-state index contributed by atoms with van der Waals surface area (Å²) in [6.45, 7) is 5.61. The van der Waals surface area contributed by atoms with Gasteiger partial charge in [-0.15, -0.1) is 0 Å². The standard InChI is InChI=1S/C15H18Cl2FN3/c1-3-7-19-14(10-5-6-13(18)11(16)8-10)15-12(17)9-20-21(15)4-2/h5-6,8-9,14,19H,3-4,7H2,1-2H3. The minimum atomic E-state index is -0.426. The van der Waals surface area contributed by atoms with Gasteiger partial charge >= 0.3 is 0 Å². The molecule has 0 radical (unpaired) electrons. The maximum absolute atomic E-state index is 13.4. The van der Waals surface area contributed by atoms with Crippen LogP contribution in [0.25, 0.3) is 0 Å². The molecule has 1 heterocycles. The summed E-state index contributed by atoms with van der Waals surface area (Å²) in [6.07, 6.45) is 2.61. The zero-order chi connectivity index (χ0) is 15.4. The highest BCUT2D eigenvalue weighted by atomic mass is 35.5. The Balaban J connectivity index is 2.46. The topological polar surface area (TPSA) is 29.9 Å². The number of aryl methyl sites for hydroxylation is 1. The smallest absolute Gasteiger partial charge is 0.141 e. The van der Waals surface area contributed by atoms with Crippen molar-refractivity contribution in [3.05, 3.63) is 51.5 Å². The molecule has 2 rings (SSSR count). The van der Waals surface area contributed by atoms with E-state index >= 15 is 0 Å². The summed E-state index contributed by atoms with van der Waals surface area (Å²) < 4.78 is 15.2. The average Bonchev–Trinajstić information content (AvgIpc) is 2.84. The Morgan fingerprint density at radius 2 is 2.05 bits per heavy atom. The van der Waals surface area contributed by atoms with Crippen LogP contribution in [0.2, 0.25) is 10.0 Å². The van der Waals surface area contributed by atoms with E-state index in [2.05, 4.69) is 17.3 Å². The minimum absolute atomic E-state index is 0.106. The maximum atomic E-state index is 13.4. The molecule has 1 aromatic carbocycles. The Morgan fingerprint density at radius 1 is 1.29 bits per heavy atom. The molecule has 0 saturated heterocycles. The lowest BCUT2D eigenvalue weighted by Crippen LogP contribution is -2.26. The van der Waals surface area contributed by atoms with Gasteiger partial charge in [0, 0.05) is 6.54 Å². The van der Waals surface area contributed by atoms with Gasteiger partial charge in [-0.3, -0.25) is 4.68 Å². The SMILES string of the molecule is CCCNC(c1ccc(F)c(Cl)c1)c1c(Cl)cnn1CC. The van der Waals surface area contributed by atoms with Crippen molar-refractivity contribution in [3.63, 3.8) is 0 Å². The van der Waals surface area contributed by atoms with Crippen molar-refractivity contribution in [2.45, 2.75) is 32.9 Å². The normalized spacial score (nSPS) is 12.6. The molecule has 6 heteroatoms. The van der Waals surface area contributed by atoms with Crippen molar-refractivity contribution in [1.29, 1.82) is 0 Å². The number of hydrogen-bond donors (Lipinski definition) is 1. The first kappa shape index (κ1) is 16.3. The van der Waals surface area contributed by atoms with Crippen LogP contribution in [0.4, 0.5) is 4.39 Å². The number of rotatable bonds is 6. The van der Waals surface area contributed by atoms with E-state index in [4.69, 9.17) is 23.2 Å². The van der Waals surface area contributed by atoms with Crippen molar-refractivity contribution in [2.75, 3.05) is 6.54 Å². The molecular formula is C15H18Cl2FN3. The van der Waals surface area contributed by atoms with E-state index in [0.717, 1.165) is 24.2 Å². The lowest BCUT2D eigenvalue weighted by atomic mass is 10.0. The molecule has 0 amide bonds. The Bertz CT molecular complexity index is 613. The number of hydrogen-bond acceptors (Lipinski definition) is 2. The van der Waals surface area contributed by atoms with E-state index in [1.807, 2.05) is 11.6 Å². The first-order chi connectivity index (χ1) is 10.1. The summed E-state index contributed by atoms with van der Waals surface area (Å²) in [6, 6.07) is 4.56. The predicted molar refractivity (Wildman–Crippen MR) is 84.5 cm³/mol. The largest absolute Gasteiger partial charge is 0.305 e. The van der Waals surface area contributed by atoms with Gasteiger partial charge in [0.2, 0.25) is 0 Å². The zero-order valence-electron chi connectivity index (χ0n) is 12.0. The van der Waals surface area contributed by atoms with Gasteiger partial charge in [0.1, 0.15) is 5.82 Å². The van der Waals surface area contributed by atoms with Crippen molar-refractivity contribution in [3.8, 4) is 0 Å². The fourth-order valence-electron chi connectivity index (χ4n) is 2.26. The van der Waals surface area contributed by atoms with Gasteiger partial charge in [-0.25, -0.2) is 4.39 Å². The summed E-state index contributed by atoms with van der Waals surface area (Å²) in [5, 5.41) is 8.39. The molecule has 0 saturated carbocycles. The van der Waals surface area contributed by atoms with Crippen molar-refractivity contribution in [1.82, 2.24) is 15.1 Å². The molecule has 0 aliphatic heterocycles. The van der Waals surface area contributed by atoms with E-state index < -0.39 is 5.82 Å². The molecule has 0 bridgehead atoms. The summed E-state index contributed by atoms with van der Waals surface area (Å²) in [7, 11) is 0. The first-order valence-corrected chi connectivity index (χ1v) is 7.73. The predicted octanol–water partition coefficient (Wildman–Crippen LogP) is 4.44. The lowest BCUT2D eigenvalue weighted by Gasteiger charge is -2.21. The lowest BCUT2D eigenvalue weighted by molar-refractivity contribution is 0.529. The molecular weight excluding hydrogens is 312 g/mol. The van der Waals surface area contributed by atoms with Crippen molar-refractivity contribution in [2.24, 2.45) is 0 Å². The third-order valence-corrected chi connectivity index (χ3v) is 3.86. The van der Waals surface area contributed by atoms with Crippen LogP contribution < -0.4 is 5.32 Å². The molecule has 21 heavy (non-hydrogen) atoms. The summed E-state index contributed by atoms with van der Waals surface area (Å²) >= 11 is 12.2. The molecule has 2 aromatic rings. The Hall–Kier alpha value is -1.10. The number of benzene rings is 1. The van der Waals surface area contributed by atoms with E-state index in [1.165, 1.54) is 6.07 Å². The van der Waals surface area contributed by atoms with E-state index in [0.29, 0.717) is 11.6 Å². The summed E-state index contributed by atoms with van der Waals surface area (Å²) in [5.74, 6) is -0.426. The van der Waals surface area contributed by atoms with Gasteiger partial charge < -0.3 is 5.32 Å². The molecule has 1 unspecified atom stereocenters. The second-order valence-electron chi connectivity index (χ2n) is 4.75. The second-order valence-corrected chi connectivity index (χ2v) is 5.57. The Kier molecular flexibility index (Phi) is 5.62. The molecule has 114 valence electrons. The molecule has 0 fully saturated rings. The van der Waals surface area contributed by atoms with Gasteiger partial charge in [0.05, 0.1) is 28.0 Å². The second kappa shape index (κ2) is 7.25. The first-order valence-electron chi connectivity index (χ1n) is 6.98. The average molecular weight is 330 g/mol. The minimum Gasteiger partial charge on any atom is -0.305 e. The fourth-order valence-corrected chi connectivity index (χ4v) is 2.70. The Labute approximate surface area is 134 Å². The van der Waals surface area contributed by atoms with Gasteiger partial charge in [-0.05, 0) is 37.6 Å². The van der Waals surface area contributed by atoms with Gasteiger partial charge in [-0.2, -0.15) is 5.10 Å². The number of halogens is 3.